The first-order chi connectivity index (χ1) is 13.8. The molecule has 1 N–H and O–H groups in total. The van der Waals surface area contributed by atoms with E-state index >= 15 is 0 Å². The van der Waals surface area contributed by atoms with Gasteiger partial charge in [0.1, 0.15) is 0 Å². The molecule has 28 heavy (non-hydrogen) atoms. The van der Waals surface area contributed by atoms with E-state index in [-0.39, 0.29) is 17.7 Å². The molecule has 0 unspecified atom stereocenters. The average Bonchev–Trinajstić information content (AvgIpc) is 2.75. The topological polar surface area (TPSA) is 62.3 Å². The Kier molecular flexibility index (Phi) is 5.49. The fourth-order valence-electron chi connectivity index (χ4n) is 3.99. The van der Waals surface area contributed by atoms with Gasteiger partial charge in [0.05, 0.1) is 23.3 Å². The summed E-state index contributed by atoms with van der Waals surface area (Å²) in [5.41, 5.74) is 2.65. The minimum atomic E-state index is -0.258. The average molecular weight is 370 g/mol. The predicted molar refractivity (Wildman–Crippen MR) is 112 cm³/mol. The molecular formula is C22H21BN3O2. The van der Waals surface area contributed by atoms with E-state index in [0.717, 1.165) is 35.6 Å². The summed E-state index contributed by atoms with van der Waals surface area (Å²) in [4.78, 5) is 30.6. The minimum Gasteiger partial charge on any atom is -0.339 e. The third-order valence-corrected chi connectivity index (χ3v) is 5.37. The number of hydrogen-bond donors (Lipinski definition) is 1. The second-order valence-electron chi connectivity index (χ2n) is 7.06. The van der Waals surface area contributed by atoms with Crippen molar-refractivity contribution in [1.29, 1.82) is 0 Å². The van der Waals surface area contributed by atoms with Crippen LogP contribution in [0.3, 0.4) is 0 Å². The van der Waals surface area contributed by atoms with E-state index < -0.39 is 0 Å². The summed E-state index contributed by atoms with van der Waals surface area (Å²) < 4.78 is 0. The van der Waals surface area contributed by atoms with Crippen molar-refractivity contribution in [2.24, 2.45) is 5.92 Å². The Morgan fingerprint density at radius 1 is 1.11 bits per heavy atom. The smallest absolute Gasteiger partial charge is 0.293 e. The van der Waals surface area contributed by atoms with Crippen LogP contribution in [0.1, 0.15) is 17.9 Å². The first kappa shape index (κ1) is 18.4. The number of carbonyl (C=O) groups is 2. The highest BCUT2D eigenvalue weighted by Crippen LogP contribution is 2.34. The molecule has 1 radical (unpaired) electrons. The van der Waals surface area contributed by atoms with Crippen molar-refractivity contribution in [2.45, 2.75) is 12.3 Å². The van der Waals surface area contributed by atoms with Crippen molar-refractivity contribution < 1.29 is 9.59 Å². The first-order valence-corrected chi connectivity index (χ1v) is 9.48. The molecule has 2 atom stereocenters. The number of piperidine rings is 1. The van der Waals surface area contributed by atoms with E-state index in [4.69, 9.17) is 0 Å². The lowest BCUT2D eigenvalue weighted by Gasteiger charge is -2.37. The Morgan fingerprint density at radius 2 is 1.93 bits per heavy atom. The molecule has 0 aliphatic carbocycles. The molecule has 0 bridgehead atoms. The molecule has 139 valence electrons. The molecule has 2 aromatic carbocycles. The maximum Gasteiger partial charge on any atom is 0.293 e. The van der Waals surface area contributed by atoms with Gasteiger partial charge in [-0.2, -0.15) is 0 Å². The van der Waals surface area contributed by atoms with Crippen LogP contribution in [0.25, 0.3) is 10.9 Å². The van der Waals surface area contributed by atoms with Gasteiger partial charge in [-0.05, 0) is 43.1 Å². The highest BCUT2D eigenvalue weighted by atomic mass is 16.2. The van der Waals surface area contributed by atoms with Crippen molar-refractivity contribution in [3.63, 3.8) is 0 Å². The monoisotopic (exact) mass is 370 g/mol. The number of benzene rings is 2. The van der Waals surface area contributed by atoms with E-state index in [1.807, 2.05) is 53.3 Å². The first-order valence-electron chi connectivity index (χ1n) is 9.48. The zero-order valence-electron chi connectivity index (χ0n) is 15.5. The van der Waals surface area contributed by atoms with Crippen molar-refractivity contribution in [3.8, 4) is 0 Å². The van der Waals surface area contributed by atoms with Crippen LogP contribution in [0.2, 0.25) is 0 Å². The van der Waals surface area contributed by atoms with Crippen LogP contribution in [-0.4, -0.2) is 42.4 Å². The van der Waals surface area contributed by atoms with Crippen LogP contribution < -0.4 is 5.32 Å². The summed E-state index contributed by atoms with van der Waals surface area (Å²) in [5.74, 6) is -0.192. The summed E-state index contributed by atoms with van der Waals surface area (Å²) in [6, 6.07) is 19.8. The van der Waals surface area contributed by atoms with Gasteiger partial charge in [-0.3, -0.25) is 9.78 Å². The molecule has 1 aliphatic heterocycles. The van der Waals surface area contributed by atoms with Gasteiger partial charge >= 0.3 is 0 Å². The van der Waals surface area contributed by atoms with Crippen LogP contribution >= 0.6 is 0 Å². The molecule has 1 saturated heterocycles. The molecular weight excluding hydrogens is 349 g/mol. The lowest BCUT2D eigenvalue weighted by Crippen LogP contribution is -2.46. The maximum absolute atomic E-state index is 13.3. The molecule has 2 heterocycles. The number of aromatic nitrogens is 1. The Morgan fingerprint density at radius 3 is 2.75 bits per heavy atom. The number of rotatable bonds is 5. The van der Waals surface area contributed by atoms with Gasteiger partial charge in [0.25, 0.3) is 7.41 Å². The largest absolute Gasteiger partial charge is 0.339 e. The molecule has 1 aliphatic rings. The molecule has 6 heteroatoms. The lowest BCUT2D eigenvalue weighted by molar-refractivity contribution is -0.121. The second kappa shape index (κ2) is 8.36. The van der Waals surface area contributed by atoms with E-state index in [1.54, 1.807) is 6.20 Å². The van der Waals surface area contributed by atoms with Gasteiger partial charge in [-0.25, -0.2) is 0 Å². The maximum atomic E-state index is 13.3. The van der Waals surface area contributed by atoms with E-state index in [0.29, 0.717) is 12.2 Å². The predicted octanol–water partition coefficient (Wildman–Crippen LogP) is 3.09. The summed E-state index contributed by atoms with van der Waals surface area (Å²) in [5, 5.41) is 4.07. The molecule has 1 fully saturated rings. The van der Waals surface area contributed by atoms with Gasteiger partial charge in [0, 0.05) is 11.6 Å². The third kappa shape index (κ3) is 3.82. The summed E-state index contributed by atoms with van der Waals surface area (Å²) >= 11 is 0. The van der Waals surface area contributed by atoms with E-state index in [9.17, 15) is 9.59 Å². The molecule has 1 amide bonds. The number of carbonyl (C=O) groups excluding carboxylic acids is 2. The highest BCUT2D eigenvalue weighted by molar-refractivity contribution is 6.64. The van der Waals surface area contributed by atoms with Crippen LogP contribution in [0.15, 0.2) is 66.9 Å². The number of nitrogens with zero attached hydrogens (tertiary/aromatic N) is 2. The Labute approximate surface area is 165 Å². The van der Waals surface area contributed by atoms with Crippen LogP contribution in [0.5, 0.6) is 0 Å². The Balaban J connectivity index is 1.62. The zero-order valence-corrected chi connectivity index (χ0v) is 15.5. The number of nitrogens with one attached hydrogen (secondary N) is 1. The molecule has 0 saturated carbocycles. The van der Waals surface area contributed by atoms with Gasteiger partial charge in [-0.1, -0.05) is 48.5 Å². The van der Waals surface area contributed by atoms with Crippen molar-refractivity contribution in [3.05, 3.63) is 72.4 Å². The van der Waals surface area contributed by atoms with Crippen LogP contribution in [0, 0.1) is 5.92 Å². The van der Waals surface area contributed by atoms with Gasteiger partial charge in [0.2, 0.25) is 5.91 Å². The third-order valence-electron chi connectivity index (χ3n) is 5.37. The summed E-state index contributed by atoms with van der Waals surface area (Å²) in [7, 11) is 1.53. The molecule has 3 aromatic rings. The Hall–Kier alpha value is -2.99. The SMILES string of the molecule is O=C[B]N1CC[C@@H](c2ccccc2)[C@@H](C(=O)Nc2cccc3cccnc23)C1. The quantitative estimate of drug-likeness (QED) is 0.554. The number of anilines is 1. The van der Waals surface area contributed by atoms with Crippen molar-refractivity contribution >= 4 is 36.1 Å². The fourth-order valence-corrected chi connectivity index (χ4v) is 3.99. The standard InChI is InChI=1S/C22H21BN3O2/c27-15-23-26-13-11-18(16-6-2-1-3-7-16)19(14-26)22(28)25-20-10-4-8-17-9-5-12-24-21(17)20/h1-10,12,15,18-19H,11,13-14H2,(H,25,28)/t18-,19-/m0/s1. The van der Waals surface area contributed by atoms with Crippen LogP contribution in [-0.2, 0) is 9.59 Å². The molecule has 5 nitrogen and oxygen atoms in total. The summed E-state index contributed by atoms with van der Waals surface area (Å²) in [6.45, 7) is 1.28. The number of hydrogen-bond acceptors (Lipinski definition) is 4. The lowest BCUT2D eigenvalue weighted by atomic mass is 9.76. The number of fused-ring (bicyclic) bond motifs is 1. The Bertz CT molecular complexity index is 974. The van der Waals surface area contributed by atoms with E-state index in [1.165, 1.54) is 7.41 Å². The molecule has 4 rings (SSSR count). The number of pyridine rings is 1. The summed E-state index contributed by atoms with van der Waals surface area (Å²) in [6.07, 6.45) is 3.33. The van der Waals surface area contributed by atoms with Crippen LogP contribution in [0.4, 0.5) is 5.69 Å². The molecule has 0 spiro atoms. The second-order valence-corrected chi connectivity index (χ2v) is 7.06. The number of amides is 1. The van der Waals surface area contributed by atoms with E-state index in [2.05, 4.69) is 22.4 Å². The minimum absolute atomic E-state index is 0.0454. The zero-order chi connectivity index (χ0) is 19.3. The fraction of sp³-hybridized carbons (Fsp3) is 0.227. The molecule has 1 aromatic heterocycles. The highest BCUT2D eigenvalue weighted by Gasteiger charge is 2.35. The van der Waals surface area contributed by atoms with Crippen molar-refractivity contribution in [1.82, 2.24) is 9.79 Å². The van der Waals surface area contributed by atoms with Gasteiger partial charge in [-0.15, -0.1) is 0 Å². The van der Waals surface area contributed by atoms with Crippen molar-refractivity contribution in [2.75, 3.05) is 18.4 Å². The van der Waals surface area contributed by atoms with Gasteiger partial charge in [0.15, 0.2) is 0 Å². The number of para-hydroxylation sites is 1. The normalized spacial score (nSPS) is 19.9. The van der Waals surface area contributed by atoms with Gasteiger partial charge < -0.3 is 14.9 Å².